The SMILES string of the molecule is C=C(C)C(=O)OC1(CC)CC2C=CC1C2. The van der Waals surface area contributed by atoms with Gasteiger partial charge in [0.15, 0.2) is 0 Å². The van der Waals surface area contributed by atoms with E-state index in [1.807, 2.05) is 0 Å². The smallest absolute Gasteiger partial charge is 0.333 e. The number of fused-ring (bicyclic) bond motifs is 2. The largest absolute Gasteiger partial charge is 0.455 e. The molecule has 2 aliphatic rings. The van der Waals surface area contributed by atoms with Crippen molar-refractivity contribution >= 4 is 5.97 Å². The van der Waals surface area contributed by atoms with Crippen molar-refractivity contribution in [3.63, 3.8) is 0 Å². The van der Waals surface area contributed by atoms with Crippen molar-refractivity contribution in [1.29, 1.82) is 0 Å². The van der Waals surface area contributed by atoms with Crippen LogP contribution in [0.5, 0.6) is 0 Å². The summed E-state index contributed by atoms with van der Waals surface area (Å²) in [6, 6.07) is 0. The molecule has 1 saturated carbocycles. The first-order chi connectivity index (χ1) is 7.07. The molecule has 0 saturated heterocycles. The summed E-state index contributed by atoms with van der Waals surface area (Å²) in [6.45, 7) is 7.43. The molecule has 2 nitrogen and oxygen atoms in total. The van der Waals surface area contributed by atoms with Gasteiger partial charge >= 0.3 is 5.97 Å². The summed E-state index contributed by atoms with van der Waals surface area (Å²) in [5.74, 6) is 0.807. The van der Waals surface area contributed by atoms with Crippen molar-refractivity contribution in [3.8, 4) is 0 Å². The number of carbonyl (C=O) groups excluding carboxylic acids is 1. The topological polar surface area (TPSA) is 26.3 Å². The molecule has 0 aromatic heterocycles. The lowest BCUT2D eigenvalue weighted by atomic mass is 9.85. The maximum absolute atomic E-state index is 11.6. The van der Waals surface area contributed by atoms with Crippen LogP contribution in [0.2, 0.25) is 0 Å². The van der Waals surface area contributed by atoms with Gasteiger partial charge in [-0.2, -0.15) is 0 Å². The second-order valence-electron chi connectivity index (χ2n) is 4.78. The van der Waals surface area contributed by atoms with Crippen molar-refractivity contribution in [2.75, 3.05) is 0 Å². The second kappa shape index (κ2) is 3.51. The van der Waals surface area contributed by atoms with E-state index in [1.165, 1.54) is 0 Å². The fourth-order valence-electron chi connectivity index (χ4n) is 2.78. The van der Waals surface area contributed by atoms with Crippen LogP contribution in [0.1, 0.15) is 33.1 Å². The summed E-state index contributed by atoms with van der Waals surface area (Å²) >= 11 is 0. The molecule has 1 fully saturated rings. The summed E-state index contributed by atoms with van der Waals surface area (Å²) in [4.78, 5) is 11.6. The second-order valence-corrected chi connectivity index (χ2v) is 4.78. The standard InChI is InChI=1S/C13H18O2/c1-4-13(15-12(14)9(2)3)8-10-5-6-11(13)7-10/h5-6,10-11H,2,4,7-8H2,1,3H3. The molecule has 0 aromatic carbocycles. The lowest BCUT2D eigenvalue weighted by Crippen LogP contribution is -2.38. The highest BCUT2D eigenvalue weighted by Crippen LogP contribution is 2.50. The van der Waals surface area contributed by atoms with Gasteiger partial charge in [-0.25, -0.2) is 4.79 Å². The van der Waals surface area contributed by atoms with Gasteiger partial charge in [-0.3, -0.25) is 0 Å². The number of allylic oxidation sites excluding steroid dienone is 1. The third-order valence-corrected chi connectivity index (χ3v) is 3.70. The molecule has 0 aliphatic heterocycles. The lowest BCUT2D eigenvalue weighted by molar-refractivity contribution is -0.158. The van der Waals surface area contributed by atoms with Crippen molar-refractivity contribution in [2.45, 2.75) is 38.7 Å². The summed E-state index contributed by atoms with van der Waals surface area (Å²) in [5.41, 5.74) is 0.254. The van der Waals surface area contributed by atoms with Crippen LogP contribution in [0, 0.1) is 11.8 Å². The molecule has 0 aromatic rings. The van der Waals surface area contributed by atoms with Crippen LogP contribution in [-0.2, 0) is 9.53 Å². The lowest BCUT2D eigenvalue weighted by Gasteiger charge is -2.34. The third kappa shape index (κ3) is 1.62. The fourth-order valence-corrected chi connectivity index (χ4v) is 2.78. The Morgan fingerprint density at radius 3 is 2.73 bits per heavy atom. The van der Waals surface area contributed by atoms with E-state index >= 15 is 0 Å². The van der Waals surface area contributed by atoms with Crippen molar-refractivity contribution in [1.82, 2.24) is 0 Å². The van der Waals surface area contributed by atoms with Crippen LogP contribution in [0.4, 0.5) is 0 Å². The van der Waals surface area contributed by atoms with E-state index in [0.29, 0.717) is 17.4 Å². The van der Waals surface area contributed by atoms with Gasteiger partial charge in [0, 0.05) is 11.5 Å². The Morgan fingerprint density at radius 1 is 1.60 bits per heavy atom. The first-order valence-electron chi connectivity index (χ1n) is 5.64. The van der Waals surface area contributed by atoms with Gasteiger partial charge in [0.1, 0.15) is 5.60 Å². The van der Waals surface area contributed by atoms with Crippen molar-refractivity contribution in [2.24, 2.45) is 11.8 Å². The van der Waals surface area contributed by atoms with Gasteiger partial charge in [0.05, 0.1) is 0 Å². The number of esters is 1. The normalized spacial score (nSPS) is 36.9. The molecule has 15 heavy (non-hydrogen) atoms. The van der Waals surface area contributed by atoms with E-state index in [9.17, 15) is 4.79 Å². The molecule has 0 heterocycles. The van der Waals surface area contributed by atoms with E-state index < -0.39 is 0 Å². The maximum Gasteiger partial charge on any atom is 0.333 e. The van der Waals surface area contributed by atoms with Gasteiger partial charge in [0.25, 0.3) is 0 Å². The molecule has 2 bridgehead atoms. The van der Waals surface area contributed by atoms with Gasteiger partial charge in [-0.1, -0.05) is 25.7 Å². The third-order valence-electron chi connectivity index (χ3n) is 3.70. The monoisotopic (exact) mass is 206 g/mol. The summed E-state index contributed by atoms with van der Waals surface area (Å²) < 4.78 is 5.65. The van der Waals surface area contributed by atoms with E-state index in [-0.39, 0.29) is 11.6 Å². The molecule has 2 heteroatoms. The molecule has 3 unspecified atom stereocenters. The number of rotatable bonds is 3. The minimum atomic E-state index is -0.241. The maximum atomic E-state index is 11.6. The average molecular weight is 206 g/mol. The molecule has 0 N–H and O–H groups in total. The van der Waals surface area contributed by atoms with Gasteiger partial charge in [0.2, 0.25) is 0 Å². The quantitative estimate of drug-likeness (QED) is 0.403. The molecule has 3 atom stereocenters. The highest BCUT2D eigenvalue weighted by atomic mass is 16.6. The first-order valence-corrected chi connectivity index (χ1v) is 5.64. The molecular formula is C13H18O2. The van der Waals surface area contributed by atoms with E-state index in [4.69, 9.17) is 4.74 Å². The molecule has 0 radical (unpaired) electrons. The van der Waals surface area contributed by atoms with Crippen molar-refractivity contribution in [3.05, 3.63) is 24.3 Å². The summed E-state index contributed by atoms with van der Waals surface area (Å²) in [7, 11) is 0. The van der Waals surface area contributed by atoms with Gasteiger partial charge < -0.3 is 4.74 Å². The fraction of sp³-hybridized carbons (Fsp3) is 0.615. The molecule has 82 valence electrons. The Labute approximate surface area is 91.0 Å². The van der Waals surface area contributed by atoms with Crippen LogP contribution >= 0.6 is 0 Å². The molecule has 2 rings (SSSR count). The van der Waals surface area contributed by atoms with Gasteiger partial charge in [-0.05, 0) is 32.1 Å². The summed E-state index contributed by atoms with van der Waals surface area (Å²) in [6.07, 6.45) is 7.51. The Kier molecular flexibility index (Phi) is 2.45. The Hall–Kier alpha value is -1.05. The van der Waals surface area contributed by atoms with Crippen LogP contribution in [0.15, 0.2) is 24.3 Å². The summed E-state index contributed by atoms with van der Waals surface area (Å²) in [5, 5.41) is 0. The van der Waals surface area contributed by atoms with Crippen LogP contribution < -0.4 is 0 Å². The number of hydrogen-bond donors (Lipinski definition) is 0. The minimum absolute atomic E-state index is 0.238. The zero-order valence-corrected chi connectivity index (χ0v) is 9.45. The zero-order chi connectivity index (χ0) is 11.1. The molecule has 0 amide bonds. The minimum Gasteiger partial charge on any atom is -0.455 e. The Morgan fingerprint density at radius 2 is 2.33 bits per heavy atom. The highest BCUT2D eigenvalue weighted by molar-refractivity contribution is 5.87. The zero-order valence-electron chi connectivity index (χ0n) is 9.45. The van der Waals surface area contributed by atoms with Crippen LogP contribution in [0.25, 0.3) is 0 Å². The van der Waals surface area contributed by atoms with Gasteiger partial charge in [-0.15, -0.1) is 0 Å². The predicted octanol–water partition coefficient (Wildman–Crippen LogP) is 2.85. The van der Waals surface area contributed by atoms with E-state index in [2.05, 4.69) is 25.7 Å². The van der Waals surface area contributed by atoms with Crippen molar-refractivity contribution < 1.29 is 9.53 Å². The van der Waals surface area contributed by atoms with E-state index in [0.717, 1.165) is 19.3 Å². The Balaban J connectivity index is 2.14. The molecule has 2 aliphatic carbocycles. The Bertz CT molecular complexity index is 329. The molecular weight excluding hydrogens is 188 g/mol. The highest BCUT2D eigenvalue weighted by Gasteiger charge is 2.50. The average Bonchev–Trinajstić information content (AvgIpc) is 2.77. The predicted molar refractivity (Wildman–Crippen MR) is 59.3 cm³/mol. The number of carbonyl (C=O) groups is 1. The first kappa shape index (κ1) is 10.5. The van der Waals surface area contributed by atoms with Crippen LogP contribution in [0.3, 0.4) is 0 Å². The molecule has 0 spiro atoms. The van der Waals surface area contributed by atoms with E-state index in [1.54, 1.807) is 6.92 Å². The number of ether oxygens (including phenoxy) is 1. The number of hydrogen-bond acceptors (Lipinski definition) is 2. The van der Waals surface area contributed by atoms with Crippen LogP contribution in [-0.4, -0.2) is 11.6 Å².